The highest BCUT2D eigenvalue weighted by Gasteiger charge is 2.49. The molecule has 16 aromatic rings. The fourth-order valence-electron chi connectivity index (χ4n) is 13.7. The minimum Gasteiger partial charge on any atom is -0.0620 e. The molecular weight excluding hydrogens is 553 g/mol. The average molecular weight is 567 g/mol. The van der Waals surface area contributed by atoms with Gasteiger partial charge in [-0.1, -0.05) is 72.8 Å². The second-order valence-electron chi connectivity index (χ2n) is 15.6. The summed E-state index contributed by atoms with van der Waals surface area (Å²) in [7, 11) is 0. The lowest BCUT2D eigenvalue weighted by Gasteiger charge is -2.43. The molecule has 46 heavy (non-hydrogen) atoms. The van der Waals surface area contributed by atoms with Gasteiger partial charge in [-0.15, -0.1) is 0 Å². The highest BCUT2D eigenvalue weighted by molar-refractivity contribution is 6.69. The van der Waals surface area contributed by atoms with Crippen LogP contribution in [0.3, 0.4) is 0 Å². The second-order valence-corrected chi connectivity index (χ2v) is 15.6. The lowest BCUT2D eigenvalue weighted by molar-refractivity contribution is 0.618. The van der Waals surface area contributed by atoms with Gasteiger partial charge in [-0.2, -0.15) is 0 Å². The van der Waals surface area contributed by atoms with E-state index in [4.69, 9.17) is 0 Å². The lowest BCUT2D eigenvalue weighted by Crippen LogP contribution is -2.28. The highest BCUT2D eigenvalue weighted by Crippen LogP contribution is 2.72. The molecule has 0 aliphatic heterocycles. The van der Waals surface area contributed by atoms with Crippen molar-refractivity contribution >= 4 is 151 Å². The van der Waals surface area contributed by atoms with Gasteiger partial charge >= 0.3 is 0 Å². The fraction of sp³-hybridized carbons (Fsp3) is 0.0435. The Kier molecular flexibility index (Phi) is 2.02. The Morgan fingerprint density at radius 1 is 0.217 bits per heavy atom. The van der Waals surface area contributed by atoms with Crippen LogP contribution < -0.4 is 0 Å². The third-order valence-corrected chi connectivity index (χ3v) is 14.7. The summed E-state index contributed by atoms with van der Waals surface area (Å²) in [4.78, 5) is 0. The van der Waals surface area contributed by atoms with Gasteiger partial charge in [0.2, 0.25) is 0 Å². The van der Waals surface area contributed by atoms with E-state index in [-0.39, 0.29) is 0 Å². The molecule has 0 saturated heterocycles. The summed E-state index contributed by atoms with van der Waals surface area (Å²) in [5.74, 6) is 0.862. The van der Waals surface area contributed by atoms with Crippen LogP contribution in [0.25, 0.3) is 151 Å². The first-order chi connectivity index (χ1) is 22.9. The molecule has 16 aromatic carbocycles. The van der Waals surface area contributed by atoms with E-state index in [0.717, 1.165) is 0 Å². The van der Waals surface area contributed by atoms with Crippen molar-refractivity contribution in [2.45, 2.75) is 11.8 Å². The Hall–Kier alpha value is -5.72. The third-order valence-electron chi connectivity index (χ3n) is 14.7. The molecule has 0 saturated carbocycles. The molecule has 0 amide bonds. The number of rotatable bonds is 0. The van der Waals surface area contributed by atoms with E-state index in [1.807, 2.05) is 0 Å². The molecule has 0 heterocycles. The van der Waals surface area contributed by atoms with Crippen LogP contribution in [0.2, 0.25) is 0 Å². The van der Waals surface area contributed by atoms with Gasteiger partial charge in [-0.25, -0.2) is 0 Å². The predicted octanol–water partition coefficient (Wildman–Crippen LogP) is 12.7. The molecule has 0 bridgehead atoms. The molecule has 2 unspecified atom stereocenters. The Bertz CT molecular complexity index is 3760. The molecule has 0 radical (unpaired) electrons. The first kappa shape index (κ1) is 18.9. The molecule has 2 atom stereocenters. The average Bonchev–Trinajstić information content (AvgIpc) is 3.90. The van der Waals surface area contributed by atoms with Gasteiger partial charge < -0.3 is 0 Å². The number of hydrogen-bond acceptors (Lipinski definition) is 0. The SMILES string of the molecule is c1ccc2c(c1)C1c3c4ccc5c6ccc7c8ccc9c%10ccc%11c(c%12c3c3c4c5c4c6c7c5c8c9c6c%10c%11c%12c7c3c4c5c67)C21. The summed E-state index contributed by atoms with van der Waals surface area (Å²) >= 11 is 0. The molecule has 0 nitrogen and oxygen atoms in total. The van der Waals surface area contributed by atoms with Crippen LogP contribution >= 0.6 is 0 Å². The fourth-order valence-corrected chi connectivity index (χ4v) is 13.7. The van der Waals surface area contributed by atoms with E-state index in [2.05, 4.69) is 72.8 Å². The number of benzene rings is 10. The van der Waals surface area contributed by atoms with Crippen LogP contribution in [0.5, 0.6) is 0 Å². The molecule has 2 aliphatic carbocycles. The summed E-state index contributed by atoms with van der Waals surface area (Å²) in [5, 5.41) is 43.3. The zero-order chi connectivity index (χ0) is 28.1. The zero-order valence-corrected chi connectivity index (χ0v) is 24.1. The molecule has 0 fully saturated rings. The largest absolute Gasteiger partial charge is 0.0620 e. The van der Waals surface area contributed by atoms with Crippen LogP contribution in [-0.4, -0.2) is 0 Å². The maximum Gasteiger partial charge on any atom is 0.0215 e. The van der Waals surface area contributed by atoms with E-state index in [9.17, 15) is 0 Å². The highest BCUT2D eigenvalue weighted by atomic mass is 14.5. The van der Waals surface area contributed by atoms with Crippen molar-refractivity contribution in [1.82, 2.24) is 0 Å². The van der Waals surface area contributed by atoms with Crippen molar-refractivity contribution in [3.05, 3.63) is 95.1 Å². The number of hydrogen-bond donors (Lipinski definition) is 0. The van der Waals surface area contributed by atoms with E-state index < -0.39 is 0 Å². The van der Waals surface area contributed by atoms with Crippen molar-refractivity contribution in [2.75, 3.05) is 0 Å². The summed E-state index contributed by atoms with van der Waals surface area (Å²) in [6, 6.07) is 29.4. The first-order valence-corrected chi connectivity index (χ1v) is 17.0. The van der Waals surface area contributed by atoms with E-state index in [0.29, 0.717) is 11.8 Å². The van der Waals surface area contributed by atoms with E-state index in [1.165, 1.54) is 53.9 Å². The normalized spacial score (nSPS) is 19.3. The zero-order valence-electron chi connectivity index (χ0n) is 24.1. The maximum atomic E-state index is 2.54. The standard InChI is InChI=1S/C46H14/c1-2-4-14-13(3-1)23-24(14)32-22-12-10-20-18-8-6-16-15-5-7-17-19-9-11-21-31(23)38-39(32)41-34(22)30(20)37-28(18)26(16)35-25(15)27(17)36-29(19)33(21)40(38)45-43(36)42(35)44(37)46(41)45/h1-12,23-24H. The summed E-state index contributed by atoms with van der Waals surface area (Å²) in [6.45, 7) is 0. The van der Waals surface area contributed by atoms with Crippen LogP contribution in [0, 0.1) is 0 Å². The topological polar surface area (TPSA) is 0 Å². The molecule has 2 aliphatic rings. The summed E-state index contributed by atoms with van der Waals surface area (Å²) in [5.41, 5.74) is 6.39. The van der Waals surface area contributed by atoms with Gasteiger partial charge in [0.25, 0.3) is 0 Å². The van der Waals surface area contributed by atoms with Crippen LogP contribution in [0.4, 0.5) is 0 Å². The number of fused-ring (bicyclic) bond motifs is 11. The molecule has 198 valence electrons. The predicted molar refractivity (Wildman–Crippen MR) is 196 cm³/mol. The molecule has 18 rings (SSSR count). The molecule has 0 N–H and O–H groups in total. The van der Waals surface area contributed by atoms with Crippen molar-refractivity contribution in [2.24, 2.45) is 0 Å². The van der Waals surface area contributed by atoms with Gasteiger partial charge in [-0.3, -0.25) is 0 Å². The Morgan fingerprint density at radius 2 is 0.457 bits per heavy atom. The van der Waals surface area contributed by atoms with Crippen LogP contribution in [0.1, 0.15) is 34.1 Å². The quantitative estimate of drug-likeness (QED) is 0.160. The lowest BCUT2D eigenvalue weighted by atomic mass is 9.59. The van der Waals surface area contributed by atoms with Gasteiger partial charge in [-0.05, 0) is 173 Å². The molecular formula is C46H14. The molecule has 0 heteroatoms. The van der Waals surface area contributed by atoms with E-state index >= 15 is 0 Å². The summed E-state index contributed by atoms with van der Waals surface area (Å²) < 4.78 is 0. The van der Waals surface area contributed by atoms with Crippen molar-refractivity contribution in [1.29, 1.82) is 0 Å². The third kappa shape index (κ3) is 1.26. The van der Waals surface area contributed by atoms with Gasteiger partial charge in [0.15, 0.2) is 0 Å². The Balaban J connectivity index is 1.40. The van der Waals surface area contributed by atoms with E-state index in [1.54, 1.807) is 119 Å². The van der Waals surface area contributed by atoms with Gasteiger partial charge in [0.05, 0.1) is 0 Å². The maximum absolute atomic E-state index is 2.54. The minimum atomic E-state index is 0.431. The first-order valence-electron chi connectivity index (χ1n) is 17.0. The molecule has 0 aromatic heterocycles. The monoisotopic (exact) mass is 566 g/mol. The minimum absolute atomic E-state index is 0.431. The van der Waals surface area contributed by atoms with Crippen molar-refractivity contribution < 1.29 is 0 Å². The van der Waals surface area contributed by atoms with Crippen molar-refractivity contribution in [3.63, 3.8) is 0 Å². The summed E-state index contributed by atoms with van der Waals surface area (Å²) in [6.07, 6.45) is 0. The van der Waals surface area contributed by atoms with Gasteiger partial charge in [0, 0.05) is 11.8 Å². The second kappa shape index (κ2) is 4.91. The Morgan fingerprint density at radius 3 is 0.783 bits per heavy atom. The molecule has 0 spiro atoms. The van der Waals surface area contributed by atoms with Gasteiger partial charge in [0.1, 0.15) is 0 Å². The van der Waals surface area contributed by atoms with Crippen LogP contribution in [-0.2, 0) is 0 Å². The Labute approximate surface area is 256 Å². The smallest absolute Gasteiger partial charge is 0.0215 e. The van der Waals surface area contributed by atoms with Crippen molar-refractivity contribution in [3.8, 4) is 0 Å². The van der Waals surface area contributed by atoms with Crippen LogP contribution in [0.15, 0.2) is 72.8 Å².